The number of anilines is 2. The molecule has 0 saturated carbocycles. The molecule has 5 nitrogen and oxygen atoms in total. The van der Waals surface area contributed by atoms with Gasteiger partial charge < -0.3 is 15.6 Å². The fourth-order valence-corrected chi connectivity index (χ4v) is 1.50. The Morgan fingerprint density at radius 3 is 2.68 bits per heavy atom. The third kappa shape index (κ3) is 2.79. The average molecular weight is 261 g/mol. The Balaban J connectivity index is 2.23. The molecule has 1 aromatic carbocycles. The highest BCUT2D eigenvalue weighted by atomic mass is 19.1. The van der Waals surface area contributed by atoms with Crippen molar-refractivity contribution in [2.24, 2.45) is 7.05 Å². The van der Waals surface area contributed by atoms with Gasteiger partial charge in [0.2, 0.25) is 0 Å². The van der Waals surface area contributed by atoms with Crippen molar-refractivity contribution >= 4 is 17.3 Å². The molecule has 98 valence electrons. The third-order valence-corrected chi connectivity index (χ3v) is 2.62. The second kappa shape index (κ2) is 4.93. The summed E-state index contributed by atoms with van der Waals surface area (Å²) in [4.78, 5) is 23.3. The fraction of sp³-hybridized carbons (Fsp3) is 0.0769. The van der Waals surface area contributed by atoms with Gasteiger partial charge in [0.1, 0.15) is 5.82 Å². The number of pyridine rings is 1. The number of carbonyl (C=O) groups is 1. The number of amides is 1. The Morgan fingerprint density at radius 2 is 2.05 bits per heavy atom. The lowest BCUT2D eigenvalue weighted by atomic mass is 10.2. The molecule has 0 unspecified atom stereocenters. The van der Waals surface area contributed by atoms with Crippen LogP contribution in [0, 0.1) is 5.82 Å². The molecule has 0 aliphatic heterocycles. The average Bonchev–Trinajstić information content (AvgIpc) is 2.37. The van der Waals surface area contributed by atoms with Crippen LogP contribution in [-0.4, -0.2) is 10.5 Å². The number of aromatic nitrogens is 1. The molecule has 0 fully saturated rings. The second-order valence-corrected chi connectivity index (χ2v) is 4.05. The van der Waals surface area contributed by atoms with E-state index in [0.717, 1.165) is 6.07 Å². The summed E-state index contributed by atoms with van der Waals surface area (Å²) in [6.07, 6.45) is 1.49. The van der Waals surface area contributed by atoms with Crippen molar-refractivity contribution in [3.63, 3.8) is 0 Å². The number of nitrogens with zero attached hydrogens (tertiary/aromatic N) is 1. The van der Waals surface area contributed by atoms with E-state index in [-0.39, 0.29) is 22.5 Å². The number of nitrogen functional groups attached to an aromatic ring is 1. The van der Waals surface area contributed by atoms with Crippen LogP contribution in [0.4, 0.5) is 15.8 Å². The molecule has 6 heteroatoms. The van der Waals surface area contributed by atoms with E-state index in [9.17, 15) is 14.0 Å². The smallest absolute Gasteiger partial charge is 0.255 e. The van der Waals surface area contributed by atoms with Gasteiger partial charge in [0.05, 0.1) is 5.69 Å². The van der Waals surface area contributed by atoms with E-state index in [4.69, 9.17) is 5.73 Å². The molecule has 1 heterocycles. The number of hydrogen-bond donors (Lipinski definition) is 2. The number of hydrogen-bond acceptors (Lipinski definition) is 3. The van der Waals surface area contributed by atoms with E-state index in [2.05, 4.69) is 5.32 Å². The van der Waals surface area contributed by atoms with Crippen molar-refractivity contribution in [1.82, 2.24) is 4.57 Å². The zero-order valence-electron chi connectivity index (χ0n) is 10.2. The number of benzene rings is 1. The molecule has 0 aliphatic rings. The van der Waals surface area contributed by atoms with Crippen LogP contribution in [-0.2, 0) is 7.05 Å². The van der Waals surface area contributed by atoms with Gasteiger partial charge >= 0.3 is 0 Å². The van der Waals surface area contributed by atoms with Gasteiger partial charge in [-0.25, -0.2) is 4.39 Å². The summed E-state index contributed by atoms with van der Waals surface area (Å²) in [7, 11) is 1.58. The van der Waals surface area contributed by atoms with Crippen LogP contribution in [0.25, 0.3) is 0 Å². The molecule has 0 atom stereocenters. The molecule has 2 rings (SSSR count). The van der Waals surface area contributed by atoms with E-state index >= 15 is 0 Å². The summed E-state index contributed by atoms with van der Waals surface area (Å²) in [6, 6.07) is 6.67. The van der Waals surface area contributed by atoms with Gasteiger partial charge in [-0.05, 0) is 24.3 Å². The summed E-state index contributed by atoms with van der Waals surface area (Å²) >= 11 is 0. The normalized spacial score (nSPS) is 10.2. The number of carbonyl (C=O) groups excluding carboxylic acids is 1. The van der Waals surface area contributed by atoms with E-state index in [1.807, 2.05) is 0 Å². The van der Waals surface area contributed by atoms with Crippen LogP contribution < -0.4 is 16.6 Å². The maximum Gasteiger partial charge on any atom is 0.255 e. The first kappa shape index (κ1) is 12.8. The number of nitrogens with two attached hydrogens (primary N) is 1. The molecule has 0 bridgehead atoms. The fourth-order valence-electron chi connectivity index (χ4n) is 1.50. The maximum atomic E-state index is 13.2. The molecular formula is C13H12FN3O2. The number of nitrogens with one attached hydrogen (secondary N) is 1. The quantitative estimate of drug-likeness (QED) is 0.801. The maximum absolute atomic E-state index is 13.2. The summed E-state index contributed by atoms with van der Waals surface area (Å²) < 4.78 is 14.6. The Morgan fingerprint density at radius 1 is 1.32 bits per heavy atom. The molecule has 0 saturated heterocycles. The first-order valence-electron chi connectivity index (χ1n) is 5.50. The van der Waals surface area contributed by atoms with Crippen molar-refractivity contribution in [3.8, 4) is 0 Å². The van der Waals surface area contributed by atoms with Gasteiger partial charge in [-0.1, -0.05) is 0 Å². The number of rotatable bonds is 2. The first-order valence-corrected chi connectivity index (χ1v) is 5.50. The van der Waals surface area contributed by atoms with Crippen molar-refractivity contribution < 1.29 is 9.18 Å². The zero-order chi connectivity index (χ0) is 14.0. The van der Waals surface area contributed by atoms with E-state index < -0.39 is 11.7 Å². The van der Waals surface area contributed by atoms with Crippen LogP contribution in [0.3, 0.4) is 0 Å². The topological polar surface area (TPSA) is 77.1 Å². The molecule has 19 heavy (non-hydrogen) atoms. The van der Waals surface area contributed by atoms with Crippen LogP contribution in [0.5, 0.6) is 0 Å². The molecule has 0 spiro atoms. The first-order chi connectivity index (χ1) is 8.97. The monoisotopic (exact) mass is 261 g/mol. The highest BCUT2D eigenvalue weighted by molar-refractivity contribution is 6.04. The summed E-state index contributed by atoms with van der Waals surface area (Å²) in [5.41, 5.74) is 5.53. The van der Waals surface area contributed by atoms with Crippen molar-refractivity contribution in [2.75, 3.05) is 11.1 Å². The summed E-state index contributed by atoms with van der Waals surface area (Å²) in [6.45, 7) is 0. The Kier molecular flexibility index (Phi) is 3.33. The molecule has 1 aromatic heterocycles. The van der Waals surface area contributed by atoms with Crippen molar-refractivity contribution in [1.29, 1.82) is 0 Å². The Labute approximate surface area is 108 Å². The minimum Gasteiger partial charge on any atom is -0.396 e. The van der Waals surface area contributed by atoms with Gasteiger partial charge in [-0.15, -0.1) is 0 Å². The lowest BCUT2D eigenvalue weighted by molar-refractivity contribution is 0.102. The number of aryl methyl sites for hydroxylation is 1. The van der Waals surface area contributed by atoms with E-state index in [1.54, 1.807) is 7.05 Å². The van der Waals surface area contributed by atoms with Crippen LogP contribution in [0.15, 0.2) is 41.3 Å². The predicted octanol–water partition coefficient (Wildman–Crippen LogP) is 1.36. The van der Waals surface area contributed by atoms with E-state index in [0.29, 0.717) is 0 Å². The van der Waals surface area contributed by atoms with Crippen molar-refractivity contribution in [2.45, 2.75) is 0 Å². The minimum atomic E-state index is -0.609. The van der Waals surface area contributed by atoms with Crippen LogP contribution in [0.1, 0.15) is 10.4 Å². The Bertz CT molecular complexity index is 695. The largest absolute Gasteiger partial charge is 0.396 e. The highest BCUT2D eigenvalue weighted by Gasteiger charge is 2.08. The molecular weight excluding hydrogens is 249 g/mol. The van der Waals surface area contributed by atoms with Gasteiger partial charge in [-0.2, -0.15) is 0 Å². The zero-order valence-corrected chi connectivity index (χ0v) is 10.2. The van der Waals surface area contributed by atoms with Crippen molar-refractivity contribution in [3.05, 3.63) is 58.3 Å². The standard InChI is InChI=1S/C13H12FN3O2/c1-17-5-4-8(6-12(17)18)13(19)16-9-2-3-11(15)10(14)7-9/h2-7H,15H2,1H3,(H,16,19). The van der Waals surface area contributed by atoms with Gasteiger partial charge in [0.15, 0.2) is 0 Å². The molecule has 2 aromatic rings. The van der Waals surface area contributed by atoms with E-state index in [1.165, 1.54) is 35.0 Å². The van der Waals surface area contributed by atoms with Gasteiger partial charge in [0, 0.05) is 30.6 Å². The summed E-state index contributed by atoms with van der Waals surface area (Å²) in [5, 5.41) is 2.49. The highest BCUT2D eigenvalue weighted by Crippen LogP contribution is 2.16. The Hall–Kier alpha value is -2.63. The molecule has 0 radical (unpaired) electrons. The third-order valence-electron chi connectivity index (χ3n) is 2.62. The molecule has 1 amide bonds. The lowest BCUT2D eigenvalue weighted by Crippen LogP contribution is -2.20. The second-order valence-electron chi connectivity index (χ2n) is 4.05. The van der Waals surface area contributed by atoms with Crippen LogP contribution >= 0.6 is 0 Å². The summed E-state index contributed by atoms with van der Waals surface area (Å²) in [5.74, 6) is -1.09. The SMILES string of the molecule is Cn1ccc(C(=O)Nc2ccc(N)c(F)c2)cc1=O. The van der Waals surface area contributed by atoms with Crippen LogP contribution in [0.2, 0.25) is 0 Å². The molecule has 3 N–H and O–H groups in total. The number of halogens is 1. The minimum absolute atomic E-state index is 0.00609. The molecule has 0 aliphatic carbocycles. The van der Waals surface area contributed by atoms with Gasteiger partial charge in [-0.3, -0.25) is 9.59 Å². The van der Waals surface area contributed by atoms with Gasteiger partial charge in [0.25, 0.3) is 11.5 Å². The lowest BCUT2D eigenvalue weighted by Gasteiger charge is -2.06. The predicted molar refractivity (Wildman–Crippen MR) is 70.4 cm³/mol.